The van der Waals surface area contributed by atoms with E-state index in [-0.39, 0.29) is 23.4 Å². The van der Waals surface area contributed by atoms with Gasteiger partial charge in [-0.25, -0.2) is 4.79 Å². The summed E-state index contributed by atoms with van der Waals surface area (Å²) in [5, 5.41) is 30.5. The van der Waals surface area contributed by atoms with Crippen LogP contribution in [0.25, 0.3) is 0 Å². The highest BCUT2D eigenvalue weighted by molar-refractivity contribution is 5.90. The number of carbonyl (C=O) groups excluding carboxylic acids is 3. The molecule has 9 heteroatoms. The number of unbranched alkanes of at least 4 members (excludes halogenated alkanes) is 4. The molecule has 0 aliphatic heterocycles. The number of carboxylic acid groups (broad SMARTS) is 2. The highest BCUT2D eigenvalue weighted by atomic mass is 16.4. The van der Waals surface area contributed by atoms with Crippen LogP contribution in [0.2, 0.25) is 0 Å². The smallest absolute Gasteiger partial charge is 0.326 e. The van der Waals surface area contributed by atoms with Gasteiger partial charge in [0, 0.05) is 32.3 Å². The molecule has 0 bridgehead atoms. The molecule has 0 heterocycles. The molecule has 0 aliphatic rings. The van der Waals surface area contributed by atoms with Crippen LogP contribution in [-0.2, 0) is 19.2 Å². The van der Waals surface area contributed by atoms with E-state index in [4.69, 9.17) is 5.11 Å². The molecular formula is C20H36N2O7. The fourth-order valence-corrected chi connectivity index (χ4v) is 3.35. The topological polar surface area (TPSA) is 135 Å². The molecule has 0 saturated carbocycles. The molecule has 2 atom stereocenters. The Balaban J connectivity index is 4.38. The van der Waals surface area contributed by atoms with Crippen LogP contribution in [0, 0.1) is 0 Å². The molecule has 0 radical (unpaired) electrons. The van der Waals surface area contributed by atoms with Crippen molar-refractivity contribution in [2.75, 3.05) is 34.2 Å². The second-order valence-electron chi connectivity index (χ2n) is 8.70. The highest BCUT2D eigenvalue weighted by Gasteiger charge is 2.40. The minimum Gasteiger partial charge on any atom is -0.550 e. The summed E-state index contributed by atoms with van der Waals surface area (Å²) in [7, 11) is 5.30. The number of nitrogens with zero attached hydrogens (tertiary/aromatic N) is 2. The number of carbonyl (C=O) groups is 4. The summed E-state index contributed by atoms with van der Waals surface area (Å²) in [6.45, 7) is 3.16. The van der Waals surface area contributed by atoms with Crippen molar-refractivity contribution in [3.05, 3.63) is 0 Å². The summed E-state index contributed by atoms with van der Waals surface area (Å²) in [5.41, 5.74) is -1.94. The Morgan fingerprint density at radius 3 is 2.00 bits per heavy atom. The molecule has 0 aliphatic carbocycles. The fourth-order valence-electron chi connectivity index (χ4n) is 3.35. The standard InChI is InChI=1S/C20H36N2O7/c1-15(19(27)28)21(16(2)23)12-10-8-6-7-9-11-17(24)20(29,13-18(25)26)14-22(3,4)5/h15,29H,6-14H2,1-5H3,(H-,25,26,27,28)/t15-,20?/m0/s1. The largest absolute Gasteiger partial charge is 0.550 e. The minimum atomic E-state index is -1.94. The maximum atomic E-state index is 12.4. The van der Waals surface area contributed by atoms with Gasteiger partial charge in [0.1, 0.15) is 12.6 Å². The van der Waals surface area contributed by atoms with Crippen LogP contribution in [0.1, 0.15) is 58.8 Å². The number of aliphatic carboxylic acids is 2. The molecule has 1 unspecified atom stereocenters. The molecule has 0 aromatic heterocycles. The van der Waals surface area contributed by atoms with Crippen LogP contribution < -0.4 is 5.11 Å². The molecule has 2 N–H and O–H groups in total. The number of quaternary nitrogens is 1. The van der Waals surface area contributed by atoms with Gasteiger partial charge in [-0.3, -0.25) is 9.59 Å². The van der Waals surface area contributed by atoms with Crippen molar-refractivity contribution in [2.45, 2.75) is 70.4 Å². The Hall–Kier alpha value is -2.00. The van der Waals surface area contributed by atoms with Gasteiger partial charge >= 0.3 is 5.97 Å². The van der Waals surface area contributed by atoms with Crippen molar-refractivity contribution >= 4 is 23.6 Å². The molecule has 0 fully saturated rings. The van der Waals surface area contributed by atoms with Crippen LogP contribution >= 0.6 is 0 Å². The molecule has 0 aromatic rings. The molecule has 0 aromatic carbocycles. The predicted octanol–water partition coefficient (Wildman–Crippen LogP) is -0.205. The number of rotatable bonds is 15. The van der Waals surface area contributed by atoms with E-state index in [0.29, 0.717) is 25.8 Å². The molecule has 0 spiro atoms. The zero-order valence-corrected chi connectivity index (χ0v) is 18.3. The molecule has 9 nitrogen and oxygen atoms in total. The van der Waals surface area contributed by atoms with E-state index < -0.39 is 35.8 Å². The van der Waals surface area contributed by atoms with E-state index in [0.717, 1.165) is 12.8 Å². The lowest BCUT2D eigenvalue weighted by Crippen LogP contribution is -2.56. The van der Waals surface area contributed by atoms with Crippen LogP contribution in [0.3, 0.4) is 0 Å². The van der Waals surface area contributed by atoms with E-state index in [1.165, 1.54) is 18.7 Å². The molecule has 29 heavy (non-hydrogen) atoms. The summed E-state index contributed by atoms with van der Waals surface area (Å²) >= 11 is 0. The van der Waals surface area contributed by atoms with Crippen molar-refractivity contribution in [1.82, 2.24) is 4.90 Å². The first-order valence-electron chi connectivity index (χ1n) is 9.95. The van der Waals surface area contributed by atoms with Crippen molar-refractivity contribution in [2.24, 2.45) is 0 Å². The van der Waals surface area contributed by atoms with Crippen molar-refractivity contribution in [3.8, 4) is 0 Å². The Bertz CT molecular complexity index is 586. The first-order chi connectivity index (χ1) is 13.2. The van der Waals surface area contributed by atoms with Crippen molar-refractivity contribution in [1.29, 1.82) is 0 Å². The van der Waals surface area contributed by atoms with E-state index in [1.807, 2.05) is 0 Å². The van der Waals surface area contributed by atoms with E-state index in [9.17, 15) is 29.4 Å². The lowest BCUT2D eigenvalue weighted by Gasteiger charge is -2.34. The van der Waals surface area contributed by atoms with Gasteiger partial charge in [0.15, 0.2) is 11.4 Å². The lowest BCUT2D eigenvalue weighted by atomic mass is 9.89. The van der Waals surface area contributed by atoms with Crippen LogP contribution in [0.5, 0.6) is 0 Å². The Morgan fingerprint density at radius 2 is 1.55 bits per heavy atom. The van der Waals surface area contributed by atoms with E-state index in [1.54, 1.807) is 21.1 Å². The van der Waals surface area contributed by atoms with Gasteiger partial charge in [-0.15, -0.1) is 0 Å². The first kappa shape index (κ1) is 27.0. The van der Waals surface area contributed by atoms with E-state index in [2.05, 4.69) is 0 Å². The molecule has 0 saturated heterocycles. The maximum Gasteiger partial charge on any atom is 0.326 e. The second kappa shape index (κ2) is 11.9. The maximum absolute atomic E-state index is 12.4. The quantitative estimate of drug-likeness (QED) is 0.279. The molecule has 1 amide bonds. The number of Topliss-reactive ketones (excluding diaryl/α,β-unsaturated/α-hetero) is 1. The Kier molecular flexibility index (Phi) is 11.1. The summed E-state index contributed by atoms with van der Waals surface area (Å²) < 4.78 is 0.247. The molecule has 0 rings (SSSR count). The average molecular weight is 417 g/mol. The van der Waals surface area contributed by atoms with Gasteiger partial charge in [-0.05, 0) is 19.8 Å². The first-order valence-corrected chi connectivity index (χ1v) is 9.95. The fraction of sp³-hybridized carbons (Fsp3) is 0.800. The van der Waals surface area contributed by atoms with Gasteiger partial charge in [-0.1, -0.05) is 19.3 Å². The zero-order chi connectivity index (χ0) is 22.8. The summed E-state index contributed by atoms with van der Waals surface area (Å²) in [4.78, 5) is 47.3. The third-order valence-electron chi connectivity index (χ3n) is 4.72. The lowest BCUT2D eigenvalue weighted by molar-refractivity contribution is -0.875. The number of hydrogen-bond donors (Lipinski definition) is 2. The number of aliphatic hydroxyl groups is 1. The Morgan fingerprint density at radius 1 is 1.03 bits per heavy atom. The van der Waals surface area contributed by atoms with Gasteiger partial charge in [0.05, 0.1) is 21.1 Å². The summed E-state index contributed by atoms with van der Waals surface area (Å²) in [6.07, 6.45) is 2.81. The summed E-state index contributed by atoms with van der Waals surface area (Å²) in [6, 6.07) is -0.868. The Labute approximate surface area is 172 Å². The van der Waals surface area contributed by atoms with Crippen molar-refractivity contribution < 1.29 is 39.0 Å². The highest BCUT2D eigenvalue weighted by Crippen LogP contribution is 2.19. The van der Waals surface area contributed by atoms with Gasteiger partial charge in [0.2, 0.25) is 5.91 Å². The average Bonchev–Trinajstić information content (AvgIpc) is 2.53. The van der Waals surface area contributed by atoms with E-state index >= 15 is 0 Å². The number of hydrogen-bond acceptors (Lipinski definition) is 6. The minimum absolute atomic E-state index is 0.0115. The normalized spacial score (nSPS) is 14.7. The van der Waals surface area contributed by atoms with Gasteiger partial charge in [0.25, 0.3) is 0 Å². The van der Waals surface area contributed by atoms with Crippen LogP contribution in [-0.4, -0.2) is 89.1 Å². The predicted molar refractivity (Wildman–Crippen MR) is 105 cm³/mol. The third-order valence-corrected chi connectivity index (χ3v) is 4.72. The number of likely N-dealkylation sites (N-methyl/N-ethyl adjacent to an activating group) is 1. The second-order valence-corrected chi connectivity index (χ2v) is 8.70. The number of ketones is 1. The number of carboxylic acids is 2. The van der Waals surface area contributed by atoms with Crippen molar-refractivity contribution in [3.63, 3.8) is 0 Å². The van der Waals surface area contributed by atoms with Crippen LogP contribution in [0.15, 0.2) is 0 Å². The van der Waals surface area contributed by atoms with Crippen LogP contribution in [0.4, 0.5) is 0 Å². The molecule has 168 valence electrons. The third kappa shape index (κ3) is 10.9. The monoisotopic (exact) mass is 416 g/mol. The van der Waals surface area contributed by atoms with Gasteiger partial charge < -0.3 is 29.5 Å². The van der Waals surface area contributed by atoms with Gasteiger partial charge in [-0.2, -0.15) is 0 Å². The zero-order valence-electron chi connectivity index (χ0n) is 18.3. The number of amides is 1. The SMILES string of the molecule is CC(=O)N(CCCCCCCC(=O)C(O)(CC(=O)[O-])C[N+](C)(C)C)[C@@H](C)C(=O)O. The molecular weight excluding hydrogens is 380 g/mol. The summed E-state index contributed by atoms with van der Waals surface area (Å²) in [5.74, 6) is -3.28.